The summed E-state index contributed by atoms with van der Waals surface area (Å²) in [6, 6.07) is 8.50. The van der Waals surface area contributed by atoms with Crippen LogP contribution < -0.4 is 0 Å². The molecule has 0 radical (unpaired) electrons. The van der Waals surface area contributed by atoms with Gasteiger partial charge in [0.15, 0.2) is 0 Å². The van der Waals surface area contributed by atoms with Crippen molar-refractivity contribution < 1.29 is 5.11 Å². The Hall–Kier alpha value is -1.43. The maximum atomic E-state index is 11.0. The quantitative estimate of drug-likeness (QED) is 0.767. The fourth-order valence-electron chi connectivity index (χ4n) is 5.26. The molecule has 3 aliphatic rings. The Labute approximate surface area is 178 Å². The van der Waals surface area contributed by atoms with E-state index >= 15 is 0 Å². The lowest BCUT2D eigenvalue weighted by molar-refractivity contribution is -0.0181. The van der Waals surface area contributed by atoms with Crippen molar-refractivity contribution in [1.82, 2.24) is 19.9 Å². The molecule has 0 spiro atoms. The average Bonchev–Trinajstić information content (AvgIpc) is 3.47. The Bertz CT molecular complexity index is 813. The Balaban J connectivity index is 1.38. The average molecular weight is 415 g/mol. The first-order valence-corrected chi connectivity index (χ1v) is 11.6. The molecule has 2 saturated carbocycles. The fraction of sp³-hybridized carbons (Fsp3) is 0.652. The van der Waals surface area contributed by atoms with Gasteiger partial charge in [-0.25, -0.2) is 4.68 Å². The summed E-state index contributed by atoms with van der Waals surface area (Å²) in [5, 5.41) is 20.6. The molecule has 0 bridgehead atoms. The van der Waals surface area contributed by atoms with E-state index < -0.39 is 6.10 Å². The van der Waals surface area contributed by atoms with Crippen LogP contribution in [0.3, 0.4) is 0 Å². The summed E-state index contributed by atoms with van der Waals surface area (Å²) < 4.78 is 1.93. The summed E-state index contributed by atoms with van der Waals surface area (Å²) in [6.45, 7) is 1.76. The van der Waals surface area contributed by atoms with Crippen molar-refractivity contribution in [1.29, 1.82) is 0 Å². The molecular weight excluding hydrogens is 384 g/mol. The van der Waals surface area contributed by atoms with E-state index in [1.165, 1.54) is 50.5 Å². The van der Waals surface area contributed by atoms with Gasteiger partial charge in [-0.1, -0.05) is 48.2 Å². The Morgan fingerprint density at radius 2 is 1.79 bits per heavy atom. The highest BCUT2D eigenvalue weighted by atomic mass is 35.5. The first kappa shape index (κ1) is 19.5. The molecule has 29 heavy (non-hydrogen) atoms. The number of likely N-dealkylation sites (tertiary alicyclic amines) is 1. The Morgan fingerprint density at radius 1 is 1.03 bits per heavy atom. The molecule has 1 aliphatic heterocycles. The summed E-state index contributed by atoms with van der Waals surface area (Å²) in [5.74, 6) is 1.33. The highest BCUT2D eigenvalue weighted by molar-refractivity contribution is 6.30. The van der Waals surface area contributed by atoms with Crippen molar-refractivity contribution in [3.05, 3.63) is 46.7 Å². The molecule has 1 saturated heterocycles. The second-order valence-corrected chi connectivity index (χ2v) is 9.73. The molecule has 5 rings (SSSR count). The van der Waals surface area contributed by atoms with Crippen LogP contribution in [0.5, 0.6) is 0 Å². The van der Waals surface area contributed by atoms with Gasteiger partial charge in [-0.05, 0) is 55.7 Å². The van der Waals surface area contributed by atoms with Gasteiger partial charge >= 0.3 is 0 Å². The van der Waals surface area contributed by atoms with E-state index in [1.807, 2.05) is 16.8 Å². The molecule has 1 N–H and O–H groups in total. The van der Waals surface area contributed by atoms with Gasteiger partial charge < -0.3 is 5.11 Å². The first-order chi connectivity index (χ1) is 14.2. The van der Waals surface area contributed by atoms with Gasteiger partial charge in [0.25, 0.3) is 0 Å². The minimum Gasteiger partial charge on any atom is -0.390 e. The molecule has 6 heteroatoms. The molecule has 156 valence electrons. The van der Waals surface area contributed by atoms with E-state index in [0.717, 1.165) is 29.6 Å². The topological polar surface area (TPSA) is 54.2 Å². The van der Waals surface area contributed by atoms with Crippen molar-refractivity contribution in [2.24, 2.45) is 5.92 Å². The lowest BCUT2D eigenvalue weighted by atomic mass is 9.85. The second-order valence-electron chi connectivity index (χ2n) is 9.29. The molecule has 0 amide bonds. The van der Waals surface area contributed by atoms with Gasteiger partial charge in [-0.15, -0.1) is 5.10 Å². The molecule has 3 fully saturated rings. The zero-order valence-corrected chi connectivity index (χ0v) is 17.7. The molecule has 1 aromatic carbocycles. The molecule has 0 unspecified atom stereocenters. The van der Waals surface area contributed by atoms with Gasteiger partial charge in [0, 0.05) is 36.3 Å². The number of halogens is 1. The summed E-state index contributed by atoms with van der Waals surface area (Å²) in [5.41, 5.74) is 2.37. The van der Waals surface area contributed by atoms with Gasteiger partial charge in [0.05, 0.1) is 17.8 Å². The van der Waals surface area contributed by atoms with Gasteiger partial charge in [-0.3, -0.25) is 4.90 Å². The van der Waals surface area contributed by atoms with Gasteiger partial charge in [0.1, 0.15) is 0 Å². The zero-order chi connectivity index (χ0) is 19.8. The number of nitrogens with zero attached hydrogens (tertiary/aromatic N) is 4. The molecule has 1 aromatic heterocycles. The number of β-amino-alcohol motifs (C(OH)–C–C–N with tert-alkyl or cyclic N) is 1. The molecule has 2 heterocycles. The van der Waals surface area contributed by atoms with Crippen molar-refractivity contribution in [2.75, 3.05) is 13.1 Å². The minimum absolute atomic E-state index is 0.0294. The Kier molecular flexibility index (Phi) is 5.63. The lowest BCUT2D eigenvalue weighted by Gasteiger charge is -2.44. The number of hydrogen-bond donors (Lipinski definition) is 1. The van der Waals surface area contributed by atoms with Crippen LogP contribution in [0.2, 0.25) is 5.02 Å². The molecular formula is C23H31ClN4O. The summed E-state index contributed by atoms with van der Waals surface area (Å²) in [4.78, 5) is 2.51. The van der Waals surface area contributed by atoms with Crippen molar-refractivity contribution in [2.45, 2.75) is 75.5 Å². The van der Waals surface area contributed by atoms with E-state index in [1.54, 1.807) is 0 Å². The van der Waals surface area contributed by atoms with Crippen molar-refractivity contribution >= 4 is 11.6 Å². The maximum Gasteiger partial charge on any atom is 0.0892 e. The number of piperidine rings is 1. The van der Waals surface area contributed by atoms with Crippen LogP contribution in [0, 0.1) is 5.92 Å². The van der Waals surface area contributed by atoms with Crippen LogP contribution in [-0.4, -0.2) is 44.2 Å². The van der Waals surface area contributed by atoms with Crippen LogP contribution >= 0.6 is 11.6 Å². The first-order valence-electron chi connectivity index (χ1n) is 11.3. The zero-order valence-electron chi connectivity index (χ0n) is 17.0. The third-order valence-corrected chi connectivity index (χ3v) is 7.36. The van der Waals surface area contributed by atoms with E-state index in [9.17, 15) is 5.11 Å². The number of aromatic nitrogens is 3. The van der Waals surface area contributed by atoms with Crippen molar-refractivity contribution in [3.8, 4) is 0 Å². The number of aliphatic hydroxyl groups excluding tert-OH is 1. The smallest absolute Gasteiger partial charge is 0.0892 e. The highest BCUT2D eigenvalue weighted by Gasteiger charge is 2.38. The fourth-order valence-corrected chi connectivity index (χ4v) is 5.39. The lowest BCUT2D eigenvalue weighted by Crippen LogP contribution is -2.48. The largest absolute Gasteiger partial charge is 0.390 e. The third-order valence-electron chi connectivity index (χ3n) is 7.11. The monoisotopic (exact) mass is 414 g/mol. The summed E-state index contributed by atoms with van der Waals surface area (Å²) in [7, 11) is 0. The van der Waals surface area contributed by atoms with Crippen molar-refractivity contribution in [3.63, 3.8) is 0 Å². The normalized spacial score (nSPS) is 29.2. The number of aliphatic hydroxyl groups is 1. The van der Waals surface area contributed by atoms with Crippen LogP contribution in [0.4, 0.5) is 0 Å². The highest BCUT2D eigenvalue weighted by Crippen LogP contribution is 2.41. The second kappa shape index (κ2) is 8.37. The maximum absolute atomic E-state index is 11.0. The van der Waals surface area contributed by atoms with Gasteiger partial charge in [-0.2, -0.15) is 0 Å². The number of rotatable bonds is 5. The van der Waals surface area contributed by atoms with Crippen LogP contribution in [-0.2, 0) is 0 Å². The SMILES string of the molecule is O[C@@H]1CN(CC2CCCCC2)[C@@H](c2ccc(Cl)cc2)C[C@H]1n1cc(C2CC2)nn1. The van der Waals surface area contributed by atoms with Crippen LogP contribution in [0.1, 0.15) is 80.6 Å². The van der Waals surface area contributed by atoms with Crippen LogP contribution in [0.15, 0.2) is 30.5 Å². The predicted octanol–water partition coefficient (Wildman–Crippen LogP) is 4.74. The molecule has 2 aromatic rings. The summed E-state index contributed by atoms with van der Waals surface area (Å²) in [6.07, 6.45) is 11.6. The number of hydrogen-bond acceptors (Lipinski definition) is 4. The predicted molar refractivity (Wildman–Crippen MR) is 114 cm³/mol. The van der Waals surface area contributed by atoms with E-state index in [4.69, 9.17) is 11.6 Å². The van der Waals surface area contributed by atoms with E-state index in [0.29, 0.717) is 12.5 Å². The standard InChI is InChI=1S/C23H31ClN4O/c24-19-10-8-18(9-11-19)21-12-22(28-14-20(25-26-28)17-6-7-17)23(29)15-27(21)13-16-4-2-1-3-5-16/h8-11,14,16-17,21-23,29H,1-7,12-13,15H2/t21-,22-,23-/m1/s1. The summed E-state index contributed by atoms with van der Waals surface area (Å²) >= 11 is 6.15. The third kappa shape index (κ3) is 4.37. The van der Waals surface area contributed by atoms with E-state index in [2.05, 4.69) is 33.5 Å². The number of benzene rings is 1. The molecule has 2 aliphatic carbocycles. The molecule has 3 atom stereocenters. The van der Waals surface area contributed by atoms with E-state index in [-0.39, 0.29) is 12.1 Å². The minimum atomic E-state index is -0.420. The molecule has 5 nitrogen and oxygen atoms in total. The Morgan fingerprint density at radius 3 is 2.52 bits per heavy atom. The van der Waals surface area contributed by atoms with Crippen LogP contribution in [0.25, 0.3) is 0 Å². The van der Waals surface area contributed by atoms with Gasteiger partial charge in [0.2, 0.25) is 0 Å².